The van der Waals surface area contributed by atoms with Crippen LogP contribution >= 0.6 is 0 Å². The first-order valence-electron chi connectivity index (χ1n) is 6.87. The van der Waals surface area contributed by atoms with Crippen LogP contribution in [0.2, 0.25) is 0 Å². The Morgan fingerprint density at radius 1 is 1.13 bits per heavy atom. The summed E-state index contributed by atoms with van der Waals surface area (Å²) in [6.45, 7) is 1.88. The van der Waals surface area contributed by atoms with Crippen molar-refractivity contribution in [1.82, 2.24) is 0 Å². The average molecular weight is 331 g/mol. The highest BCUT2D eigenvalue weighted by Crippen LogP contribution is 2.22. The van der Waals surface area contributed by atoms with Gasteiger partial charge in [0.2, 0.25) is 0 Å². The SMILES string of the molecule is COC(=O)C=Cc1cc(C)ccc1NS(=O)(=O)c1ccccc1. The summed E-state index contributed by atoms with van der Waals surface area (Å²) in [5.74, 6) is -0.511. The van der Waals surface area contributed by atoms with E-state index in [0.717, 1.165) is 5.56 Å². The van der Waals surface area contributed by atoms with Crippen molar-refractivity contribution < 1.29 is 17.9 Å². The zero-order chi connectivity index (χ0) is 16.9. The van der Waals surface area contributed by atoms with E-state index in [0.29, 0.717) is 11.3 Å². The van der Waals surface area contributed by atoms with Crippen LogP contribution < -0.4 is 4.72 Å². The molecule has 0 aliphatic carbocycles. The number of esters is 1. The summed E-state index contributed by atoms with van der Waals surface area (Å²) in [7, 11) is -2.41. The lowest BCUT2D eigenvalue weighted by Crippen LogP contribution is -2.13. The Hall–Kier alpha value is -2.60. The average Bonchev–Trinajstić information content (AvgIpc) is 2.55. The van der Waals surface area contributed by atoms with Gasteiger partial charge in [0.05, 0.1) is 17.7 Å². The van der Waals surface area contributed by atoms with Gasteiger partial charge in [-0.1, -0.05) is 29.8 Å². The summed E-state index contributed by atoms with van der Waals surface area (Å²) in [5.41, 5.74) is 1.91. The number of hydrogen-bond donors (Lipinski definition) is 1. The largest absolute Gasteiger partial charge is 0.466 e. The molecule has 0 unspecified atom stereocenters. The number of carbonyl (C=O) groups is 1. The van der Waals surface area contributed by atoms with E-state index in [2.05, 4.69) is 9.46 Å². The van der Waals surface area contributed by atoms with Crippen LogP contribution in [0, 0.1) is 6.92 Å². The third-order valence-corrected chi connectivity index (χ3v) is 4.49. The summed E-state index contributed by atoms with van der Waals surface area (Å²) in [6.07, 6.45) is 2.76. The molecule has 0 heterocycles. The first-order chi connectivity index (χ1) is 10.9. The maximum atomic E-state index is 12.4. The Kier molecular flexibility index (Phi) is 5.18. The van der Waals surface area contributed by atoms with Crippen LogP contribution in [0.25, 0.3) is 6.08 Å². The van der Waals surface area contributed by atoms with Gasteiger partial charge in [0.25, 0.3) is 10.0 Å². The van der Waals surface area contributed by atoms with Crippen LogP contribution in [0.4, 0.5) is 5.69 Å². The van der Waals surface area contributed by atoms with Gasteiger partial charge in [-0.2, -0.15) is 0 Å². The van der Waals surface area contributed by atoms with Gasteiger partial charge in [0.15, 0.2) is 0 Å². The third kappa shape index (κ3) is 4.43. The zero-order valence-corrected chi connectivity index (χ0v) is 13.6. The van der Waals surface area contributed by atoms with Crippen LogP contribution in [0.1, 0.15) is 11.1 Å². The number of ether oxygens (including phenoxy) is 1. The fraction of sp³-hybridized carbons (Fsp3) is 0.118. The number of carbonyl (C=O) groups excluding carboxylic acids is 1. The predicted octanol–water partition coefficient (Wildman–Crippen LogP) is 2.98. The lowest BCUT2D eigenvalue weighted by molar-refractivity contribution is -0.134. The molecule has 23 heavy (non-hydrogen) atoms. The van der Waals surface area contributed by atoms with Gasteiger partial charge in [0.1, 0.15) is 0 Å². The van der Waals surface area contributed by atoms with Crippen molar-refractivity contribution in [2.75, 3.05) is 11.8 Å². The summed E-state index contributed by atoms with van der Waals surface area (Å²) >= 11 is 0. The molecule has 0 aliphatic rings. The molecule has 2 aromatic carbocycles. The minimum absolute atomic E-state index is 0.170. The first kappa shape index (κ1) is 16.8. The standard InChI is InChI=1S/C17H17NO4S/c1-13-8-10-16(14(12-13)9-11-17(19)22-2)18-23(20,21)15-6-4-3-5-7-15/h3-12,18H,1-2H3. The maximum Gasteiger partial charge on any atom is 0.330 e. The van der Waals surface area contributed by atoms with Crippen LogP contribution in [0.5, 0.6) is 0 Å². The Balaban J connectivity index is 2.37. The Morgan fingerprint density at radius 3 is 2.48 bits per heavy atom. The van der Waals surface area contributed by atoms with Gasteiger partial charge in [-0.25, -0.2) is 13.2 Å². The van der Waals surface area contributed by atoms with Crippen molar-refractivity contribution >= 4 is 27.8 Å². The van der Waals surface area contributed by atoms with Crippen molar-refractivity contribution in [2.45, 2.75) is 11.8 Å². The van der Waals surface area contributed by atoms with E-state index in [1.165, 1.54) is 31.4 Å². The highest BCUT2D eigenvalue weighted by atomic mass is 32.2. The topological polar surface area (TPSA) is 72.5 Å². The molecule has 0 saturated heterocycles. The van der Waals surface area contributed by atoms with Crippen molar-refractivity contribution in [3.8, 4) is 0 Å². The number of benzene rings is 2. The van der Waals surface area contributed by atoms with Crippen molar-refractivity contribution in [1.29, 1.82) is 0 Å². The zero-order valence-electron chi connectivity index (χ0n) is 12.8. The van der Waals surface area contributed by atoms with Gasteiger partial charge in [-0.05, 0) is 42.8 Å². The molecule has 1 N–H and O–H groups in total. The van der Waals surface area contributed by atoms with Crippen LogP contribution in [0.15, 0.2) is 59.5 Å². The van der Waals surface area contributed by atoms with E-state index in [4.69, 9.17) is 0 Å². The number of hydrogen-bond acceptors (Lipinski definition) is 4. The first-order valence-corrected chi connectivity index (χ1v) is 8.35. The fourth-order valence-corrected chi connectivity index (χ4v) is 3.05. The number of sulfonamides is 1. The molecule has 0 bridgehead atoms. The predicted molar refractivity (Wildman–Crippen MR) is 89.5 cm³/mol. The number of methoxy groups -OCH3 is 1. The molecule has 2 aromatic rings. The molecule has 0 aliphatic heterocycles. The number of rotatable bonds is 5. The van der Waals surface area contributed by atoms with Crippen LogP contribution in [-0.2, 0) is 19.6 Å². The second-order valence-corrected chi connectivity index (χ2v) is 6.55. The maximum absolute atomic E-state index is 12.4. The van der Waals surface area contributed by atoms with E-state index in [9.17, 15) is 13.2 Å². The van der Waals surface area contributed by atoms with Gasteiger partial charge in [-0.15, -0.1) is 0 Å². The minimum Gasteiger partial charge on any atom is -0.466 e. The molecular formula is C17H17NO4S. The fourth-order valence-electron chi connectivity index (χ4n) is 1.94. The third-order valence-electron chi connectivity index (χ3n) is 3.11. The Bertz CT molecular complexity index is 827. The summed E-state index contributed by atoms with van der Waals surface area (Å²) < 4.78 is 31.9. The molecule has 0 aromatic heterocycles. The molecule has 2 rings (SSSR count). The number of anilines is 1. The number of aryl methyl sites for hydroxylation is 1. The van der Waals surface area contributed by atoms with E-state index < -0.39 is 16.0 Å². The molecule has 0 amide bonds. The summed E-state index contributed by atoms with van der Waals surface area (Å²) in [5, 5.41) is 0. The van der Waals surface area contributed by atoms with Crippen molar-refractivity contribution in [3.05, 3.63) is 65.7 Å². The minimum atomic E-state index is -3.69. The molecule has 0 saturated carbocycles. The van der Waals surface area contributed by atoms with Gasteiger partial charge < -0.3 is 4.74 Å². The van der Waals surface area contributed by atoms with Gasteiger partial charge >= 0.3 is 5.97 Å². The van der Waals surface area contributed by atoms with Gasteiger partial charge in [0, 0.05) is 6.08 Å². The van der Waals surface area contributed by atoms with E-state index >= 15 is 0 Å². The summed E-state index contributed by atoms with van der Waals surface area (Å²) in [6, 6.07) is 13.3. The highest BCUT2D eigenvalue weighted by Gasteiger charge is 2.15. The van der Waals surface area contributed by atoms with Crippen molar-refractivity contribution in [2.24, 2.45) is 0 Å². The molecule has 0 radical (unpaired) electrons. The smallest absolute Gasteiger partial charge is 0.330 e. The normalized spacial score (nSPS) is 11.4. The van der Waals surface area contributed by atoms with Gasteiger partial charge in [-0.3, -0.25) is 4.72 Å². The van der Waals surface area contributed by atoms with E-state index in [1.54, 1.807) is 36.4 Å². The lowest BCUT2D eigenvalue weighted by Gasteiger charge is -2.11. The molecule has 120 valence electrons. The molecule has 0 atom stereocenters. The monoisotopic (exact) mass is 331 g/mol. The lowest BCUT2D eigenvalue weighted by atomic mass is 10.1. The molecule has 0 spiro atoms. The molecule has 5 nitrogen and oxygen atoms in total. The van der Waals surface area contributed by atoms with Crippen LogP contribution in [0.3, 0.4) is 0 Å². The number of nitrogens with one attached hydrogen (secondary N) is 1. The Morgan fingerprint density at radius 2 is 1.83 bits per heavy atom. The quantitative estimate of drug-likeness (QED) is 0.675. The molecular weight excluding hydrogens is 314 g/mol. The van der Waals surface area contributed by atoms with E-state index in [-0.39, 0.29) is 4.90 Å². The molecule has 0 fully saturated rings. The highest BCUT2D eigenvalue weighted by molar-refractivity contribution is 7.92. The van der Waals surface area contributed by atoms with E-state index in [1.807, 2.05) is 6.92 Å². The van der Waals surface area contributed by atoms with Crippen molar-refractivity contribution in [3.63, 3.8) is 0 Å². The Labute approximate surface area is 135 Å². The second-order valence-electron chi connectivity index (χ2n) is 4.87. The summed E-state index contributed by atoms with van der Waals surface area (Å²) in [4.78, 5) is 11.4. The second kappa shape index (κ2) is 7.11. The van der Waals surface area contributed by atoms with Crippen LogP contribution in [-0.4, -0.2) is 21.5 Å². The molecule has 6 heteroatoms.